The molecule has 0 spiro atoms. The number of rotatable bonds is 8. The summed E-state index contributed by atoms with van der Waals surface area (Å²) in [7, 11) is 0. The Bertz CT molecular complexity index is 1290. The summed E-state index contributed by atoms with van der Waals surface area (Å²) in [4.78, 5) is 53.1. The molecule has 1 aromatic heterocycles. The van der Waals surface area contributed by atoms with Gasteiger partial charge in [-0.05, 0) is 23.2 Å². The number of likely N-dealkylation sites (tertiary alicyclic amines) is 1. The number of carbonyl (C=O) groups is 4. The molecular formula is C26H32F2N6O4. The monoisotopic (exact) mass is 530 g/mol. The number of primary amides is 1. The molecular weight excluding hydrogens is 498 g/mol. The highest BCUT2D eigenvalue weighted by Gasteiger charge is 2.69. The summed E-state index contributed by atoms with van der Waals surface area (Å²) in [6.45, 7) is 7.86. The van der Waals surface area contributed by atoms with E-state index in [1.54, 1.807) is 38.1 Å². The first-order valence-corrected chi connectivity index (χ1v) is 12.5. The van der Waals surface area contributed by atoms with E-state index in [1.807, 2.05) is 13.8 Å². The third-order valence-electron chi connectivity index (χ3n) is 7.82. The van der Waals surface area contributed by atoms with E-state index in [2.05, 4.69) is 20.8 Å². The zero-order chi connectivity index (χ0) is 28.2. The third kappa shape index (κ3) is 4.79. The summed E-state index contributed by atoms with van der Waals surface area (Å²) in [5.41, 5.74) is 5.58. The first-order chi connectivity index (χ1) is 17.7. The molecule has 4 amide bonds. The number of halogens is 2. The molecule has 0 radical (unpaired) electrons. The quantitative estimate of drug-likeness (QED) is 0.472. The number of carbonyl (C=O) groups excluding carboxylic acids is 4. The Hall–Kier alpha value is -3.70. The highest BCUT2D eigenvalue weighted by atomic mass is 19.3. The average molecular weight is 531 g/mol. The van der Waals surface area contributed by atoms with Gasteiger partial charge in [0.05, 0.1) is 6.20 Å². The number of aromatic nitrogens is 2. The molecule has 1 saturated heterocycles. The van der Waals surface area contributed by atoms with Crippen molar-refractivity contribution in [1.29, 1.82) is 0 Å². The Kier molecular flexibility index (Phi) is 6.87. The predicted molar refractivity (Wildman–Crippen MR) is 133 cm³/mol. The standard InChI is InChI=1S/C26H32F2N6O4/c1-12(2)17(32-24(38)26(5,27)28)23(37)34-11-15-16(25(15,3)4)20(34)22(36)31-19(21(29)35)18-14-9-7-6-8-13(14)10-30-33-18/h6-10,12,15-17,19-20H,11H2,1-5H3,(H2,29,35)(H,31,36)(H,32,38)/t15-,16-,17?,19?,20-/m0/s1. The number of benzene rings is 1. The van der Waals surface area contributed by atoms with E-state index in [9.17, 15) is 28.0 Å². The number of fused-ring (bicyclic) bond motifs is 2. The lowest BCUT2D eigenvalue weighted by Crippen LogP contribution is -2.59. The van der Waals surface area contributed by atoms with Gasteiger partial charge in [0, 0.05) is 24.2 Å². The van der Waals surface area contributed by atoms with Crippen LogP contribution >= 0.6 is 0 Å². The molecule has 204 valence electrons. The van der Waals surface area contributed by atoms with E-state index >= 15 is 0 Å². The molecule has 38 heavy (non-hydrogen) atoms. The predicted octanol–water partition coefficient (Wildman–Crippen LogP) is 1.55. The first kappa shape index (κ1) is 27.3. The normalized spacial score (nSPS) is 23.5. The van der Waals surface area contributed by atoms with Crippen molar-refractivity contribution < 1.29 is 28.0 Å². The molecule has 2 aliphatic rings. The molecule has 12 heteroatoms. The molecule has 1 aliphatic heterocycles. The number of piperidine rings is 1. The summed E-state index contributed by atoms with van der Waals surface area (Å²) in [6.07, 6.45) is 1.52. The van der Waals surface area contributed by atoms with E-state index in [0.717, 1.165) is 0 Å². The maximum Gasteiger partial charge on any atom is 0.321 e. The van der Waals surface area contributed by atoms with Crippen LogP contribution in [-0.2, 0) is 19.2 Å². The van der Waals surface area contributed by atoms with Crippen LogP contribution in [0.1, 0.15) is 46.4 Å². The Balaban J connectivity index is 1.63. The van der Waals surface area contributed by atoms with Crippen molar-refractivity contribution in [2.45, 2.75) is 58.7 Å². The molecule has 5 atom stereocenters. The molecule has 10 nitrogen and oxygen atoms in total. The van der Waals surface area contributed by atoms with Crippen molar-refractivity contribution in [3.05, 3.63) is 36.2 Å². The highest BCUT2D eigenvalue weighted by molar-refractivity contribution is 5.97. The van der Waals surface area contributed by atoms with Crippen LogP contribution in [0.15, 0.2) is 30.5 Å². The topological polar surface area (TPSA) is 147 Å². The second-order valence-electron chi connectivity index (χ2n) is 11.1. The molecule has 2 heterocycles. The van der Waals surface area contributed by atoms with Crippen LogP contribution in [0.5, 0.6) is 0 Å². The van der Waals surface area contributed by atoms with Gasteiger partial charge in [-0.3, -0.25) is 19.2 Å². The van der Waals surface area contributed by atoms with Crippen molar-refractivity contribution in [1.82, 2.24) is 25.7 Å². The maximum absolute atomic E-state index is 13.7. The SMILES string of the molecule is CC(C)C(NC(=O)C(C)(F)F)C(=O)N1C[C@H]2[C@@H]([C@H]1C(=O)NC(C(N)=O)c1nncc3ccccc13)C2(C)C. The highest BCUT2D eigenvalue weighted by Crippen LogP contribution is 2.65. The van der Waals surface area contributed by atoms with Crippen molar-refractivity contribution in [2.75, 3.05) is 6.54 Å². The lowest BCUT2D eigenvalue weighted by molar-refractivity contribution is -0.150. The minimum atomic E-state index is -3.67. The van der Waals surface area contributed by atoms with Gasteiger partial charge in [0.1, 0.15) is 17.8 Å². The molecule has 1 aromatic carbocycles. The molecule has 1 aliphatic carbocycles. The summed E-state index contributed by atoms with van der Waals surface area (Å²) < 4.78 is 27.2. The van der Waals surface area contributed by atoms with Gasteiger partial charge in [-0.15, -0.1) is 0 Å². The zero-order valence-corrected chi connectivity index (χ0v) is 21.9. The van der Waals surface area contributed by atoms with Gasteiger partial charge in [-0.1, -0.05) is 52.0 Å². The average Bonchev–Trinajstić information content (AvgIpc) is 3.16. The van der Waals surface area contributed by atoms with Crippen LogP contribution in [0.3, 0.4) is 0 Å². The summed E-state index contributed by atoms with van der Waals surface area (Å²) in [6, 6.07) is 3.48. The number of nitrogens with zero attached hydrogens (tertiary/aromatic N) is 3. The Morgan fingerprint density at radius 3 is 2.42 bits per heavy atom. The first-order valence-electron chi connectivity index (χ1n) is 12.5. The number of alkyl halides is 2. The van der Waals surface area contributed by atoms with Crippen LogP contribution in [-0.4, -0.2) is 63.3 Å². The van der Waals surface area contributed by atoms with Gasteiger partial charge in [0.2, 0.25) is 17.7 Å². The minimum Gasteiger partial charge on any atom is -0.368 e. The Morgan fingerprint density at radius 2 is 1.82 bits per heavy atom. The Morgan fingerprint density at radius 1 is 1.16 bits per heavy atom. The van der Waals surface area contributed by atoms with E-state index in [-0.39, 0.29) is 29.5 Å². The summed E-state index contributed by atoms with van der Waals surface area (Å²) >= 11 is 0. The smallest absolute Gasteiger partial charge is 0.321 e. The van der Waals surface area contributed by atoms with Gasteiger partial charge in [0.15, 0.2) is 6.04 Å². The van der Waals surface area contributed by atoms with Crippen molar-refractivity contribution >= 4 is 34.4 Å². The van der Waals surface area contributed by atoms with Gasteiger partial charge in [-0.2, -0.15) is 19.0 Å². The fourth-order valence-electron chi connectivity index (χ4n) is 5.54. The van der Waals surface area contributed by atoms with Gasteiger partial charge < -0.3 is 21.3 Å². The second-order valence-corrected chi connectivity index (χ2v) is 11.1. The number of nitrogens with two attached hydrogens (primary N) is 1. The summed E-state index contributed by atoms with van der Waals surface area (Å²) in [5.74, 6) is -8.12. The fraction of sp³-hybridized carbons (Fsp3) is 0.538. The molecule has 2 aromatic rings. The largest absolute Gasteiger partial charge is 0.368 e. The Labute approximate surface area is 218 Å². The molecule has 0 bridgehead atoms. The maximum atomic E-state index is 13.7. The zero-order valence-electron chi connectivity index (χ0n) is 21.9. The van der Waals surface area contributed by atoms with Crippen LogP contribution in [0.2, 0.25) is 0 Å². The lowest BCUT2D eigenvalue weighted by atomic mass is 9.96. The molecule has 1 saturated carbocycles. The van der Waals surface area contributed by atoms with Crippen molar-refractivity contribution in [3.8, 4) is 0 Å². The van der Waals surface area contributed by atoms with Crippen LogP contribution in [0.4, 0.5) is 8.78 Å². The second kappa shape index (κ2) is 9.55. The molecule has 2 fully saturated rings. The van der Waals surface area contributed by atoms with Crippen LogP contribution in [0, 0.1) is 23.2 Å². The van der Waals surface area contributed by atoms with Crippen molar-refractivity contribution in [3.63, 3.8) is 0 Å². The fourth-order valence-corrected chi connectivity index (χ4v) is 5.54. The number of nitrogens with one attached hydrogen (secondary N) is 2. The molecule has 2 unspecified atom stereocenters. The van der Waals surface area contributed by atoms with Gasteiger partial charge in [0.25, 0.3) is 5.91 Å². The third-order valence-corrected chi connectivity index (χ3v) is 7.82. The van der Waals surface area contributed by atoms with E-state index in [1.165, 1.54) is 11.1 Å². The van der Waals surface area contributed by atoms with E-state index < -0.39 is 53.6 Å². The molecule has 4 N–H and O–H groups in total. The number of amides is 4. The lowest BCUT2D eigenvalue weighted by Gasteiger charge is -2.35. The number of hydrogen-bond donors (Lipinski definition) is 3. The van der Waals surface area contributed by atoms with Crippen molar-refractivity contribution in [2.24, 2.45) is 28.9 Å². The van der Waals surface area contributed by atoms with E-state index in [4.69, 9.17) is 5.73 Å². The van der Waals surface area contributed by atoms with Gasteiger partial charge in [-0.25, -0.2) is 0 Å². The summed E-state index contributed by atoms with van der Waals surface area (Å²) in [5, 5.41) is 14.1. The van der Waals surface area contributed by atoms with Gasteiger partial charge >= 0.3 is 5.92 Å². The molecule has 4 rings (SSSR count). The number of hydrogen-bond acceptors (Lipinski definition) is 6. The van der Waals surface area contributed by atoms with E-state index in [0.29, 0.717) is 17.7 Å². The van der Waals surface area contributed by atoms with Crippen LogP contribution in [0.25, 0.3) is 10.8 Å². The van der Waals surface area contributed by atoms with Crippen LogP contribution < -0.4 is 16.4 Å². The minimum absolute atomic E-state index is 0.0114.